The van der Waals surface area contributed by atoms with E-state index in [0.717, 1.165) is 10.9 Å². The zero-order chi connectivity index (χ0) is 14.7. The van der Waals surface area contributed by atoms with Gasteiger partial charge in [-0.1, -0.05) is 12.1 Å². The number of nitrogens with zero attached hydrogens (tertiary/aromatic N) is 1. The number of aromatic nitrogens is 1. The predicted octanol–water partition coefficient (Wildman–Crippen LogP) is 1.88. The zero-order valence-electron chi connectivity index (χ0n) is 11.8. The predicted molar refractivity (Wildman–Crippen MR) is 76.1 cm³/mol. The third-order valence-electron chi connectivity index (χ3n) is 3.11. The van der Waals surface area contributed by atoms with Crippen LogP contribution in [-0.4, -0.2) is 24.3 Å². The molecule has 5 heteroatoms. The monoisotopic (exact) mass is 275 g/mol. The highest BCUT2D eigenvalue weighted by Crippen LogP contribution is 2.26. The van der Waals surface area contributed by atoms with Crippen molar-refractivity contribution in [3.8, 4) is 5.75 Å². The number of hydrogen-bond donors (Lipinski definition) is 0. The Morgan fingerprint density at radius 3 is 2.75 bits per heavy atom. The smallest absolute Gasteiger partial charge is 0.326 e. The summed E-state index contributed by atoms with van der Waals surface area (Å²) in [7, 11) is 1.54. The van der Waals surface area contributed by atoms with Crippen LogP contribution in [0.2, 0.25) is 0 Å². The standard InChI is InChI=1S/C15H17NO4/c1-4-20-14(18)9-16-13(17)8-10(2)11-6-5-7-12(19-3)15(11)16/h5-8H,4,9H2,1-3H3. The van der Waals surface area contributed by atoms with Crippen molar-refractivity contribution in [3.63, 3.8) is 0 Å². The van der Waals surface area contributed by atoms with Crippen LogP contribution in [0.15, 0.2) is 29.1 Å². The number of benzene rings is 1. The maximum Gasteiger partial charge on any atom is 0.326 e. The lowest BCUT2D eigenvalue weighted by molar-refractivity contribution is -0.143. The minimum Gasteiger partial charge on any atom is -0.495 e. The molecular formula is C15H17NO4. The van der Waals surface area contributed by atoms with Crippen LogP contribution in [0.4, 0.5) is 0 Å². The summed E-state index contributed by atoms with van der Waals surface area (Å²) in [5.41, 5.74) is 1.23. The van der Waals surface area contributed by atoms with Crippen molar-refractivity contribution in [1.29, 1.82) is 0 Å². The second kappa shape index (κ2) is 5.77. The van der Waals surface area contributed by atoms with E-state index >= 15 is 0 Å². The Bertz CT molecular complexity index is 703. The number of carbonyl (C=O) groups is 1. The number of esters is 1. The van der Waals surface area contributed by atoms with Gasteiger partial charge >= 0.3 is 5.97 Å². The normalized spacial score (nSPS) is 10.6. The Morgan fingerprint density at radius 1 is 1.35 bits per heavy atom. The van der Waals surface area contributed by atoms with Crippen molar-refractivity contribution >= 4 is 16.9 Å². The van der Waals surface area contributed by atoms with E-state index in [4.69, 9.17) is 9.47 Å². The highest BCUT2D eigenvalue weighted by Gasteiger charge is 2.14. The van der Waals surface area contributed by atoms with Gasteiger partial charge in [-0.15, -0.1) is 0 Å². The number of carbonyl (C=O) groups excluding carboxylic acids is 1. The Balaban J connectivity index is 2.69. The molecule has 0 spiro atoms. The van der Waals surface area contributed by atoms with Gasteiger partial charge in [0, 0.05) is 11.5 Å². The van der Waals surface area contributed by atoms with Crippen molar-refractivity contribution in [1.82, 2.24) is 4.57 Å². The van der Waals surface area contributed by atoms with E-state index in [9.17, 15) is 9.59 Å². The molecule has 5 nitrogen and oxygen atoms in total. The fraction of sp³-hybridized carbons (Fsp3) is 0.333. The first-order chi connectivity index (χ1) is 9.58. The summed E-state index contributed by atoms with van der Waals surface area (Å²) >= 11 is 0. The number of ether oxygens (including phenoxy) is 2. The van der Waals surface area contributed by atoms with Crippen molar-refractivity contribution in [2.24, 2.45) is 0 Å². The Labute approximate surface area is 116 Å². The molecule has 1 aromatic heterocycles. The minimum absolute atomic E-state index is 0.121. The second-order valence-corrected chi connectivity index (χ2v) is 4.41. The molecule has 0 bridgehead atoms. The summed E-state index contributed by atoms with van der Waals surface area (Å²) in [6, 6.07) is 7.03. The van der Waals surface area contributed by atoms with Gasteiger partial charge in [-0.2, -0.15) is 0 Å². The van der Waals surface area contributed by atoms with Crippen molar-refractivity contribution in [2.45, 2.75) is 20.4 Å². The molecule has 0 amide bonds. The molecule has 0 aliphatic carbocycles. The molecule has 1 heterocycles. The number of fused-ring (bicyclic) bond motifs is 1. The van der Waals surface area contributed by atoms with Crippen LogP contribution < -0.4 is 10.3 Å². The van der Waals surface area contributed by atoms with Crippen LogP contribution in [0, 0.1) is 6.92 Å². The summed E-state index contributed by atoms with van der Waals surface area (Å²) in [4.78, 5) is 23.8. The van der Waals surface area contributed by atoms with Gasteiger partial charge in [0.1, 0.15) is 12.3 Å². The second-order valence-electron chi connectivity index (χ2n) is 4.41. The first-order valence-electron chi connectivity index (χ1n) is 6.41. The van der Waals surface area contributed by atoms with E-state index < -0.39 is 5.97 Å². The topological polar surface area (TPSA) is 57.5 Å². The lowest BCUT2D eigenvalue weighted by atomic mass is 10.1. The highest BCUT2D eigenvalue weighted by molar-refractivity contribution is 5.88. The van der Waals surface area contributed by atoms with E-state index in [1.807, 2.05) is 19.1 Å². The van der Waals surface area contributed by atoms with Gasteiger partial charge in [0.25, 0.3) is 5.56 Å². The molecule has 1 aromatic carbocycles. The molecule has 0 radical (unpaired) electrons. The van der Waals surface area contributed by atoms with Gasteiger partial charge in [0.15, 0.2) is 0 Å². The third-order valence-corrected chi connectivity index (χ3v) is 3.11. The molecule has 0 atom stereocenters. The average molecular weight is 275 g/mol. The van der Waals surface area contributed by atoms with Crippen LogP contribution >= 0.6 is 0 Å². The summed E-state index contributed by atoms with van der Waals surface area (Å²) in [5.74, 6) is 0.123. The van der Waals surface area contributed by atoms with Crippen molar-refractivity contribution in [3.05, 3.63) is 40.2 Å². The summed E-state index contributed by atoms with van der Waals surface area (Å²) < 4.78 is 11.6. The van der Waals surface area contributed by atoms with Crippen LogP contribution in [0.3, 0.4) is 0 Å². The quantitative estimate of drug-likeness (QED) is 0.799. The number of para-hydroxylation sites is 1. The van der Waals surface area contributed by atoms with Gasteiger partial charge in [-0.25, -0.2) is 0 Å². The molecule has 0 aliphatic rings. The van der Waals surface area contributed by atoms with Gasteiger partial charge in [0.05, 0.1) is 19.2 Å². The van der Waals surface area contributed by atoms with Crippen molar-refractivity contribution in [2.75, 3.05) is 13.7 Å². The molecule has 0 fully saturated rings. The lowest BCUT2D eigenvalue weighted by Gasteiger charge is -2.14. The number of rotatable bonds is 4. The van der Waals surface area contributed by atoms with Crippen LogP contribution in [-0.2, 0) is 16.1 Å². The van der Waals surface area contributed by atoms with Crippen LogP contribution in [0.1, 0.15) is 12.5 Å². The molecule has 0 unspecified atom stereocenters. The lowest BCUT2D eigenvalue weighted by Crippen LogP contribution is -2.26. The van der Waals surface area contributed by atoms with Gasteiger partial charge in [-0.3, -0.25) is 14.2 Å². The highest BCUT2D eigenvalue weighted by atomic mass is 16.5. The minimum atomic E-state index is -0.439. The molecule has 20 heavy (non-hydrogen) atoms. The van der Waals surface area contributed by atoms with E-state index in [1.165, 1.54) is 17.7 Å². The summed E-state index contributed by atoms with van der Waals surface area (Å²) in [6.45, 7) is 3.75. The van der Waals surface area contributed by atoms with E-state index in [1.54, 1.807) is 13.0 Å². The van der Waals surface area contributed by atoms with E-state index in [-0.39, 0.29) is 18.7 Å². The fourth-order valence-corrected chi connectivity index (χ4v) is 2.23. The Kier molecular flexibility index (Phi) is 4.08. The van der Waals surface area contributed by atoms with E-state index in [0.29, 0.717) is 11.3 Å². The maximum absolute atomic E-state index is 12.2. The fourth-order valence-electron chi connectivity index (χ4n) is 2.23. The molecule has 0 N–H and O–H groups in total. The number of aryl methyl sites for hydroxylation is 1. The third kappa shape index (κ3) is 2.52. The molecule has 0 saturated heterocycles. The molecular weight excluding hydrogens is 258 g/mol. The molecule has 0 aliphatic heterocycles. The van der Waals surface area contributed by atoms with Gasteiger partial charge in [-0.05, 0) is 25.5 Å². The van der Waals surface area contributed by atoms with E-state index in [2.05, 4.69) is 0 Å². The molecule has 2 aromatic rings. The molecule has 106 valence electrons. The van der Waals surface area contributed by atoms with Gasteiger partial charge in [0.2, 0.25) is 0 Å². The van der Waals surface area contributed by atoms with Crippen molar-refractivity contribution < 1.29 is 14.3 Å². The van der Waals surface area contributed by atoms with Gasteiger partial charge < -0.3 is 9.47 Å². The average Bonchev–Trinajstić information content (AvgIpc) is 2.43. The largest absolute Gasteiger partial charge is 0.495 e. The zero-order valence-corrected chi connectivity index (χ0v) is 11.8. The first-order valence-corrected chi connectivity index (χ1v) is 6.41. The number of hydrogen-bond acceptors (Lipinski definition) is 4. The Morgan fingerprint density at radius 2 is 2.10 bits per heavy atom. The first kappa shape index (κ1) is 14.1. The molecule has 2 rings (SSSR count). The number of pyridine rings is 1. The Hall–Kier alpha value is -2.30. The van der Waals surface area contributed by atoms with Crippen LogP contribution in [0.5, 0.6) is 5.75 Å². The number of methoxy groups -OCH3 is 1. The molecule has 0 saturated carbocycles. The van der Waals surface area contributed by atoms with Crippen LogP contribution in [0.25, 0.3) is 10.9 Å². The summed E-state index contributed by atoms with van der Waals surface area (Å²) in [6.07, 6.45) is 0. The maximum atomic E-state index is 12.2. The summed E-state index contributed by atoms with van der Waals surface area (Å²) in [5, 5.41) is 0.883. The SMILES string of the molecule is CCOC(=O)Cn1c(=O)cc(C)c2cccc(OC)c21.